The maximum Gasteiger partial charge on any atom is 0.246 e. The van der Waals surface area contributed by atoms with Crippen LogP contribution in [-0.4, -0.2) is 45.0 Å². The third-order valence-corrected chi connectivity index (χ3v) is 4.32. The summed E-state index contributed by atoms with van der Waals surface area (Å²) in [6.07, 6.45) is 7.06. The normalized spacial score (nSPS) is 15.8. The molecule has 0 radical (unpaired) electrons. The summed E-state index contributed by atoms with van der Waals surface area (Å²) in [6, 6.07) is 0. The highest BCUT2D eigenvalue weighted by Crippen LogP contribution is 2.33. The van der Waals surface area contributed by atoms with Crippen molar-refractivity contribution in [2.75, 3.05) is 18.1 Å². The highest BCUT2D eigenvalue weighted by molar-refractivity contribution is 7.53. The van der Waals surface area contributed by atoms with E-state index in [0.717, 1.165) is 18.8 Å². The van der Waals surface area contributed by atoms with Gasteiger partial charge in [-0.05, 0) is 13.3 Å². The topological polar surface area (TPSA) is 77.1 Å². The molecule has 0 fully saturated rings. The number of nitrogens with zero attached hydrogens (tertiary/aromatic N) is 5. The maximum atomic E-state index is 12.2. The van der Waals surface area contributed by atoms with Crippen LogP contribution in [0.1, 0.15) is 34.9 Å². The van der Waals surface area contributed by atoms with Gasteiger partial charge in [-0.15, -0.1) is 5.10 Å². The van der Waals surface area contributed by atoms with Gasteiger partial charge in [0, 0.05) is 13.0 Å². The minimum Gasteiger partial charge on any atom is -0.343 e. The lowest BCUT2D eigenvalue weighted by atomic mass is 10.1. The third kappa shape index (κ3) is 2.61. The Labute approximate surface area is 123 Å². The molecule has 0 amide bonds. The number of carbonyl (C=O) groups excluding carboxylic acids is 1. The zero-order valence-corrected chi connectivity index (χ0v) is 13.0. The Balaban J connectivity index is 2.01. The number of ketones is 1. The van der Waals surface area contributed by atoms with E-state index in [-0.39, 0.29) is 5.78 Å². The first-order valence-electron chi connectivity index (χ1n) is 6.76. The van der Waals surface area contributed by atoms with Gasteiger partial charge in [0.05, 0.1) is 24.6 Å². The quantitative estimate of drug-likeness (QED) is 0.806. The van der Waals surface area contributed by atoms with E-state index >= 15 is 0 Å². The van der Waals surface area contributed by atoms with Crippen molar-refractivity contribution in [2.45, 2.75) is 26.3 Å². The van der Waals surface area contributed by atoms with Crippen molar-refractivity contribution >= 4 is 25.6 Å². The number of fused-ring (bicyclic) bond motifs is 1. The van der Waals surface area contributed by atoms with Crippen molar-refractivity contribution in [3.8, 4) is 0 Å². The van der Waals surface area contributed by atoms with Crippen molar-refractivity contribution in [3.63, 3.8) is 0 Å². The molecular formula is C13H17N5O2P+. The van der Waals surface area contributed by atoms with Gasteiger partial charge in [0.1, 0.15) is 6.66 Å². The van der Waals surface area contributed by atoms with Crippen molar-refractivity contribution < 1.29 is 9.32 Å². The van der Waals surface area contributed by atoms with E-state index < -0.39 is 7.70 Å². The van der Waals surface area contributed by atoms with E-state index in [1.807, 2.05) is 11.1 Å². The molecule has 1 aliphatic heterocycles. The first-order valence-corrected chi connectivity index (χ1v) is 8.69. The zero-order valence-electron chi connectivity index (χ0n) is 12.1. The Morgan fingerprint density at radius 3 is 3.00 bits per heavy atom. The largest absolute Gasteiger partial charge is 0.343 e. The van der Waals surface area contributed by atoms with Crippen molar-refractivity contribution in [3.05, 3.63) is 23.5 Å². The number of anilines is 1. The monoisotopic (exact) mass is 306 g/mol. The van der Waals surface area contributed by atoms with E-state index in [0.29, 0.717) is 30.2 Å². The van der Waals surface area contributed by atoms with E-state index in [4.69, 9.17) is 4.52 Å². The van der Waals surface area contributed by atoms with Crippen molar-refractivity contribution in [1.82, 2.24) is 19.7 Å². The lowest BCUT2D eigenvalue weighted by Crippen LogP contribution is -2.25. The SMILES string of the molecule is C=[P+](C)n1ncc2c1N(Cc1nc(C)no1)CCCC2=O. The number of hydrogen-bond donors (Lipinski definition) is 0. The standard InChI is InChI=1S/C13H17N5O2P/c1-9-15-12(20-16-9)8-17-6-4-5-11(19)10-7-14-18(13(10)17)21(2)3/h7H,2,4-6,8H2,1,3H3/q+1. The Morgan fingerprint density at radius 2 is 2.33 bits per heavy atom. The second-order valence-corrected chi connectivity index (χ2v) is 6.81. The van der Waals surface area contributed by atoms with Gasteiger partial charge in [-0.1, -0.05) is 9.61 Å². The average Bonchev–Trinajstić information content (AvgIpc) is 3.00. The fraction of sp³-hybridized carbons (Fsp3) is 0.462. The van der Waals surface area contributed by atoms with Gasteiger partial charge >= 0.3 is 0 Å². The molecule has 1 aliphatic rings. The number of aromatic nitrogens is 4. The molecule has 2 aromatic rings. The zero-order chi connectivity index (χ0) is 15.0. The van der Waals surface area contributed by atoms with Gasteiger partial charge in [0.2, 0.25) is 13.6 Å². The predicted octanol–water partition coefficient (Wildman–Crippen LogP) is 1.86. The van der Waals surface area contributed by atoms with Gasteiger partial charge < -0.3 is 9.42 Å². The van der Waals surface area contributed by atoms with E-state index in [9.17, 15) is 4.79 Å². The van der Waals surface area contributed by atoms with Gasteiger partial charge in [-0.25, -0.2) is 0 Å². The molecule has 3 rings (SSSR count). The molecular weight excluding hydrogens is 289 g/mol. The van der Waals surface area contributed by atoms with Crippen LogP contribution in [0.2, 0.25) is 0 Å². The molecule has 21 heavy (non-hydrogen) atoms. The molecule has 0 saturated carbocycles. The summed E-state index contributed by atoms with van der Waals surface area (Å²) in [7, 11) is -0.705. The van der Waals surface area contributed by atoms with Crippen molar-refractivity contribution in [2.24, 2.45) is 0 Å². The summed E-state index contributed by atoms with van der Waals surface area (Å²) < 4.78 is 7.04. The maximum absolute atomic E-state index is 12.2. The number of rotatable bonds is 3. The summed E-state index contributed by atoms with van der Waals surface area (Å²) in [5.41, 5.74) is 0.668. The van der Waals surface area contributed by atoms with E-state index in [1.54, 1.807) is 13.1 Å². The van der Waals surface area contributed by atoms with Crippen LogP contribution < -0.4 is 4.90 Å². The van der Waals surface area contributed by atoms with Crippen LogP contribution in [0.4, 0.5) is 5.82 Å². The Morgan fingerprint density at radius 1 is 1.52 bits per heavy atom. The fourth-order valence-electron chi connectivity index (χ4n) is 2.47. The lowest BCUT2D eigenvalue weighted by molar-refractivity contribution is 0.0984. The Hall–Kier alpha value is -2.01. The average molecular weight is 306 g/mol. The van der Waals surface area contributed by atoms with Crippen LogP contribution in [0, 0.1) is 6.92 Å². The minimum absolute atomic E-state index is 0.136. The van der Waals surface area contributed by atoms with Crippen LogP contribution in [0.15, 0.2) is 10.7 Å². The molecule has 110 valence electrons. The third-order valence-electron chi connectivity index (χ3n) is 3.38. The summed E-state index contributed by atoms with van der Waals surface area (Å²) in [4.78, 5) is 18.5. The Bertz CT molecular complexity index is 705. The molecule has 0 N–H and O–H groups in total. The summed E-state index contributed by atoms with van der Waals surface area (Å²) in [6.45, 7) is 5.04. The molecule has 0 aliphatic carbocycles. The molecule has 8 heteroatoms. The molecule has 1 unspecified atom stereocenters. The molecule has 0 saturated heterocycles. The Kier molecular flexibility index (Phi) is 3.59. The molecule has 0 bridgehead atoms. The number of carbonyl (C=O) groups is 1. The predicted molar refractivity (Wildman–Crippen MR) is 81.2 cm³/mol. The number of Topliss-reactive ketones (excluding diaryl/α,β-unsaturated/α-hetero) is 1. The summed E-state index contributed by atoms with van der Waals surface area (Å²) in [5, 5.41) is 8.15. The van der Waals surface area contributed by atoms with Gasteiger partial charge in [-0.3, -0.25) is 4.79 Å². The van der Waals surface area contributed by atoms with E-state index in [1.165, 1.54) is 0 Å². The van der Waals surface area contributed by atoms with Gasteiger partial charge in [-0.2, -0.15) is 4.98 Å². The molecule has 0 spiro atoms. The lowest BCUT2D eigenvalue weighted by Gasteiger charge is -2.20. The highest BCUT2D eigenvalue weighted by Gasteiger charge is 2.30. The second kappa shape index (κ2) is 5.41. The van der Waals surface area contributed by atoms with E-state index in [2.05, 4.69) is 26.4 Å². The van der Waals surface area contributed by atoms with Crippen LogP contribution in [-0.2, 0) is 6.54 Å². The first-order chi connectivity index (χ1) is 10.1. The summed E-state index contributed by atoms with van der Waals surface area (Å²) >= 11 is 0. The highest BCUT2D eigenvalue weighted by atomic mass is 31.1. The molecule has 1 atom stereocenters. The smallest absolute Gasteiger partial charge is 0.246 e. The van der Waals surface area contributed by atoms with Crippen LogP contribution >= 0.6 is 7.70 Å². The molecule has 7 nitrogen and oxygen atoms in total. The molecule has 3 heterocycles. The van der Waals surface area contributed by atoms with Gasteiger partial charge in [0.25, 0.3) is 0 Å². The number of hydrogen-bond acceptors (Lipinski definition) is 6. The van der Waals surface area contributed by atoms with Crippen LogP contribution in [0.3, 0.4) is 0 Å². The number of aryl methyl sites for hydroxylation is 1. The first kappa shape index (κ1) is 13.9. The molecule has 2 aromatic heterocycles. The second-order valence-electron chi connectivity index (χ2n) is 5.11. The molecule has 0 aromatic carbocycles. The van der Waals surface area contributed by atoms with Gasteiger partial charge in [0.15, 0.2) is 17.4 Å². The minimum atomic E-state index is -0.705. The summed E-state index contributed by atoms with van der Waals surface area (Å²) in [5.74, 6) is 2.12. The fourth-order valence-corrected chi connectivity index (χ4v) is 3.25. The van der Waals surface area contributed by atoms with Crippen LogP contribution in [0.5, 0.6) is 0 Å². The van der Waals surface area contributed by atoms with Crippen LogP contribution in [0.25, 0.3) is 0 Å². The van der Waals surface area contributed by atoms with Crippen molar-refractivity contribution in [1.29, 1.82) is 0 Å².